The third-order valence-electron chi connectivity index (χ3n) is 1.84. The van der Waals surface area contributed by atoms with Gasteiger partial charge in [0.25, 0.3) is 0 Å². The van der Waals surface area contributed by atoms with E-state index in [1.807, 2.05) is 0 Å². The Balaban J connectivity index is 2.77. The number of rotatable bonds is 3. The minimum absolute atomic E-state index is 0.0231. The standard InChI is InChI=1S/C9H10F3N3O2/c1-15(5-9(10,11)12)7-4-13-6(3-14-7)8(16)17-2/h3-4H,5H2,1-2H3. The summed E-state index contributed by atoms with van der Waals surface area (Å²) < 4.78 is 40.7. The fourth-order valence-corrected chi connectivity index (χ4v) is 1.08. The van der Waals surface area contributed by atoms with Crippen LogP contribution in [0.1, 0.15) is 10.5 Å². The number of anilines is 1. The number of ether oxygens (including phenoxy) is 1. The predicted molar refractivity (Wildman–Crippen MR) is 52.7 cm³/mol. The molecule has 0 amide bonds. The SMILES string of the molecule is COC(=O)c1cnc(N(C)CC(F)(F)F)cn1. The van der Waals surface area contributed by atoms with E-state index in [1.165, 1.54) is 14.2 Å². The lowest BCUT2D eigenvalue weighted by Crippen LogP contribution is -2.31. The van der Waals surface area contributed by atoms with Crippen LogP contribution in [0.3, 0.4) is 0 Å². The molecular weight excluding hydrogens is 239 g/mol. The summed E-state index contributed by atoms with van der Waals surface area (Å²) >= 11 is 0. The van der Waals surface area contributed by atoms with Crippen molar-refractivity contribution in [2.75, 3.05) is 25.6 Å². The zero-order chi connectivity index (χ0) is 13.1. The Kier molecular flexibility index (Phi) is 3.87. The van der Waals surface area contributed by atoms with Gasteiger partial charge in [-0.15, -0.1) is 0 Å². The van der Waals surface area contributed by atoms with E-state index < -0.39 is 18.7 Å². The summed E-state index contributed by atoms with van der Waals surface area (Å²) in [6.07, 6.45) is -2.18. The number of esters is 1. The first-order valence-corrected chi connectivity index (χ1v) is 4.52. The average molecular weight is 249 g/mol. The molecule has 1 heterocycles. The van der Waals surface area contributed by atoms with E-state index in [-0.39, 0.29) is 11.5 Å². The fourth-order valence-electron chi connectivity index (χ4n) is 1.08. The van der Waals surface area contributed by atoms with Crippen molar-refractivity contribution in [1.82, 2.24) is 9.97 Å². The van der Waals surface area contributed by atoms with Gasteiger partial charge in [0.2, 0.25) is 0 Å². The van der Waals surface area contributed by atoms with E-state index in [9.17, 15) is 18.0 Å². The third kappa shape index (κ3) is 3.89. The number of hydrogen-bond acceptors (Lipinski definition) is 5. The van der Waals surface area contributed by atoms with Crippen molar-refractivity contribution < 1.29 is 22.7 Å². The van der Waals surface area contributed by atoms with E-state index in [4.69, 9.17) is 0 Å². The molecule has 0 aliphatic rings. The molecule has 17 heavy (non-hydrogen) atoms. The van der Waals surface area contributed by atoms with Crippen molar-refractivity contribution in [1.29, 1.82) is 0 Å². The number of carbonyl (C=O) groups excluding carboxylic acids is 1. The van der Waals surface area contributed by atoms with E-state index in [2.05, 4.69) is 14.7 Å². The molecule has 0 unspecified atom stereocenters. The maximum Gasteiger partial charge on any atom is 0.405 e. The molecule has 0 atom stereocenters. The first kappa shape index (κ1) is 13.2. The van der Waals surface area contributed by atoms with Crippen LogP contribution in [0.5, 0.6) is 0 Å². The molecule has 0 saturated carbocycles. The second-order valence-corrected chi connectivity index (χ2v) is 3.22. The van der Waals surface area contributed by atoms with E-state index in [0.717, 1.165) is 17.3 Å². The Morgan fingerprint density at radius 3 is 2.47 bits per heavy atom. The van der Waals surface area contributed by atoms with Crippen molar-refractivity contribution in [3.63, 3.8) is 0 Å². The van der Waals surface area contributed by atoms with E-state index in [1.54, 1.807) is 0 Å². The molecule has 0 N–H and O–H groups in total. The Bertz CT molecular complexity index is 391. The van der Waals surface area contributed by atoms with Crippen LogP contribution in [-0.4, -0.2) is 42.8 Å². The van der Waals surface area contributed by atoms with Crippen molar-refractivity contribution in [2.45, 2.75) is 6.18 Å². The monoisotopic (exact) mass is 249 g/mol. The Labute approximate surface area is 95.2 Å². The molecule has 1 rings (SSSR count). The summed E-state index contributed by atoms with van der Waals surface area (Å²) in [5.41, 5.74) is -0.0586. The molecule has 8 heteroatoms. The van der Waals surface area contributed by atoms with Gasteiger partial charge < -0.3 is 9.64 Å². The lowest BCUT2D eigenvalue weighted by molar-refractivity contribution is -0.119. The number of nitrogens with zero attached hydrogens (tertiary/aromatic N) is 3. The lowest BCUT2D eigenvalue weighted by atomic mass is 10.4. The molecule has 5 nitrogen and oxygen atoms in total. The zero-order valence-corrected chi connectivity index (χ0v) is 9.15. The smallest absolute Gasteiger partial charge is 0.405 e. The van der Waals surface area contributed by atoms with Gasteiger partial charge in [0, 0.05) is 7.05 Å². The lowest BCUT2D eigenvalue weighted by Gasteiger charge is -2.19. The third-order valence-corrected chi connectivity index (χ3v) is 1.84. The number of carbonyl (C=O) groups is 1. The van der Waals surface area contributed by atoms with Gasteiger partial charge in [-0.3, -0.25) is 0 Å². The highest BCUT2D eigenvalue weighted by Gasteiger charge is 2.29. The molecule has 0 spiro atoms. The van der Waals surface area contributed by atoms with Crippen LogP contribution < -0.4 is 4.90 Å². The number of aromatic nitrogens is 2. The van der Waals surface area contributed by atoms with Crippen molar-refractivity contribution in [2.24, 2.45) is 0 Å². The number of methoxy groups -OCH3 is 1. The second kappa shape index (κ2) is 4.98. The van der Waals surface area contributed by atoms with Crippen LogP contribution in [0, 0.1) is 0 Å². The van der Waals surface area contributed by atoms with Gasteiger partial charge in [-0.1, -0.05) is 0 Å². The van der Waals surface area contributed by atoms with E-state index in [0.29, 0.717) is 0 Å². The first-order chi connectivity index (χ1) is 7.83. The normalized spacial score (nSPS) is 11.1. The summed E-state index contributed by atoms with van der Waals surface area (Å²) in [7, 11) is 2.41. The minimum atomic E-state index is -4.32. The topological polar surface area (TPSA) is 55.3 Å². The molecule has 94 valence electrons. The van der Waals surface area contributed by atoms with Crippen LogP contribution in [0.15, 0.2) is 12.4 Å². The summed E-state index contributed by atoms with van der Waals surface area (Å²) in [6, 6.07) is 0. The molecule has 0 bridgehead atoms. The molecular formula is C9H10F3N3O2. The molecule has 0 aromatic carbocycles. The maximum absolute atomic E-state index is 12.1. The highest BCUT2D eigenvalue weighted by atomic mass is 19.4. The van der Waals surface area contributed by atoms with Crippen LogP contribution in [0.25, 0.3) is 0 Å². The molecule has 0 aliphatic carbocycles. The number of halogens is 3. The molecule has 0 aliphatic heterocycles. The fraction of sp³-hybridized carbons (Fsp3) is 0.444. The van der Waals surface area contributed by atoms with E-state index >= 15 is 0 Å². The molecule has 0 fully saturated rings. The second-order valence-electron chi connectivity index (χ2n) is 3.22. The highest BCUT2D eigenvalue weighted by Crippen LogP contribution is 2.18. The highest BCUT2D eigenvalue weighted by molar-refractivity contribution is 5.86. The van der Waals surface area contributed by atoms with Gasteiger partial charge in [0.15, 0.2) is 5.69 Å². The number of hydrogen-bond donors (Lipinski definition) is 0. The van der Waals surface area contributed by atoms with Crippen molar-refractivity contribution in [3.8, 4) is 0 Å². The molecule has 0 saturated heterocycles. The van der Waals surface area contributed by atoms with Crippen LogP contribution in [-0.2, 0) is 4.74 Å². The Hall–Kier alpha value is -1.86. The van der Waals surface area contributed by atoms with Gasteiger partial charge in [0.05, 0.1) is 19.5 Å². The largest absolute Gasteiger partial charge is 0.464 e. The van der Waals surface area contributed by atoms with Gasteiger partial charge in [-0.2, -0.15) is 13.2 Å². The first-order valence-electron chi connectivity index (χ1n) is 4.52. The predicted octanol–water partition coefficient (Wildman–Crippen LogP) is 1.26. The molecule has 0 radical (unpaired) electrons. The Morgan fingerprint density at radius 2 is 2.06 bits per heavy atom. The van der Waals surface area contributed by atoms with Crippen molar-refractivity contribution >= 4 is 11.8 Å². The van der Waals surface area contributed by atoms with Gasteiger partial charge in [-0.05, 0) is 0 Å². The zero-order valence-electron chi connectivity index (χ0n) is 9.15. The average Bonchev–Trinajstić information content (AvgIpc) is 2.26. The summed E-state index contributed by atoms with van der Waals surface area (Å²) in [4.78, 5) is 19.2. The molecule has 1 aromatic heterocycles. The quantitative estimate of drug-likeness (QED) is 0.755. The van der Waals surface area contributed by atoms with Gasteiger partial charge in [-0.25, -0.2) is 14.8 Å². The van der Waals surface area contributed by atoms with Crippen LogP contribution in [0.4, 0.5) is 19.0 Å². The van der Waals surface area contributed by atoms with Gasteiger partial charge in [0.1, 0.15) is 12.4 Å². The summed E-state index contributed by atoms with van der Waals surface area (Å²) in [5, 5.41) is 0. The van der Waals surface area contributed by atoms with Crippen LogP contribution >= 0.6 is 0 Å². The molecule has 1 aromatic rings. The Morgan fingerprint density at radius 1 is 1.41 bits per heavy atom. The maximum atomic E-state index is 12.1. The summed E-state index contributed by atoms with van der Waals surface area (Å²) in [6.45, 7) is -1.14. The minimum Gasteiger partial charge on any atom is -0.464 e. The van der Waals surface area contributed by atoms with Crippen LogP contribution in [0.2, 0.25) is 0 Å². The number of alkyl halides is 3. The summed E-state index contributed by atoms with van der Waals surface area (Å²) in [5.74, 6) is -0.669. The van der Waals surface area contributed by atoms with Gasteiger partial charge >= 0.3 is 12.1 Å². The van der Waals surface area contributed by atoms with Crippen molar-refractivity contribution in [3.05, 3.63) is 18.1 Å².